The first-order valence-corrected chi connectivity index (χ1v) is 7.94. The maximum Gasteiger partial charge on any atom is 0.274 e. The Balaban J connectivity index is 1.72. The number of carbonyl (C=O) groups is 1. The first-order chi connectivity index (χ1) is 12.2. The highest BCUT2D eigenvalue weighted by Gasteiger charge is 2.28. The van der Waals surface area contributed by atoms with Crippen molar-refractivity contribution in [1.29, 1.82) is 0 Å². The van der Waals surface area contributed by atoms with Gasteiger partial charge in [0.1, 0.15) is 12.0 Å². The molecule has 8 heteroatoms. The molecule has 1 aliphatic rings. The highest BCUT2D eigenvalue weighted by molar-refractivity contribution is 6.04. The number of nitrogens with one attached hydrogen (secondary N) is 1. The van der Waals surface area contributed by atoms with Crippen molar-refractivity contribution in [2.75, 3.05) is 19.5 Å². The predicted molar refractivity (Wildman–Crippen MR) is 90.3 cm³/mol. The molecule has 0 atom stereocenters. The third kappa shape index (κ3) is 2.75. The van der Waals surface area contributed by atoms with Gasteiger partial charge in [0.15, 0.2) is 11.5 Å². The Morgan fingerprint density at radius 2 is 2.12 bits per heavy atom. The van der Waals surface area contributed by atoms with E-state index in [9.17, 15) is 4.79 Å². The van der Waals surface area contributed by atoms with Crippen LogP contribution in [0.3, 0.4) is 0 Å². The molecule has 1 amide bonds. The van der Waals surface area contributed by atoms with Crippen LogP contribution in [0.5, 0.6) is 11.5 Å². The standard InChI is InChI=1S/C17H17N5O3/c1-24-14-5-3-4-11(15(14)25-2)20-16(23)13-8-12(10-6-7-10)21-17-18-9-19-22(13)17/h3-5,8-10H,6-7H2,1-2H3,(H,20,23). The summed E-state index contributed by atoms with van der Waals surface area (Å²) in [6, 6.07) is 7.08. The molecule has 25 heavy (non-hydrogen) atoms. The van der Waals surface area contributed by atoms with Gasteiger partial charge in [-0.3, -0.25) is 4.79 Å². The average Bonchev–Trinajstić information content (AvgIpc) is 3.38. The summed E-state index contributed by atoms with van der Waals surface area (Å²) in [6.07, 6.45) is 3.56. The molecular formula is C17H17N5O3. The topological polar surface area (TPSA) is 90.6 Å². The fourth-order valence-corrected chi connectivity index (χ4v) is 2.75. The maximum atomic E-state index is 12.9. The number of ether oxygens (including phenoxy) is 2. The lowest BCUT2D eigenvalue weighted by molar-refractivity contribution is 0.101. The van der Waals surface area contributed by atoms with Crippen molar-refractivity contribution in [2.24, 2.45) is 0 Å². The van der Waals surface area contributed by atoms with Crippen LogP contribution >= 0.6 is 0 Å². The second-order valence-electron chi connectivity index (χ2n) is 5.81. The molecule has 3 aromatic rings. The van der Waals surface area contributed by atoms with Crippen molar-refractivity contribution < 1.29 is 14.3 Å². The van der Waals surface area contributed by atoms with Gasteiger partial charge in [-0.25, -0.2) is 4.98 Å². The Kier molecular flexibility index (Phi) is 3.72. The van der Waals surface area contributed by atoms with Crippen LogP contribution in [0.1, 0.15) is 34.9 Å². The monoisotopic (exact) mass is 339 g/mol. The number of hydrogen-bond donors (Lipinski definition) is 1. The Hall–Kier alpha value is -3.16. The number of carbonyl (C=O) groups excluding carboxylic acids is 1. The third-order valence-electron chi connectivity index (χ3n) is 4.15. The zero-order valence-electron chi connectivity index (χ0n) is 13.9. The summed E-state index contributed by atoms with van der Waals surface area (Å²) in [7, 11) is 3.08. The van der Waals surface area contributed by atoms with Gasteiger partial charge in [-0.15, -0.1) is 0 Å². The van der Waals surface area contributed by atoms with Crippen molar-refractivity contribution in [2.45, 2.75) is 18.8 Å². The van der Waals surface area contributed by atoms with Crippen LogP contribution in [-0.2, 0) is 0 Å². The van der Waals surface area contributed by atoms with Gasteiger partial charge in [0.25, 0.3) is 11.7 Å². The molecule has 1 fully saturated rings. The largest absolute Gasteiger partial charge is 0.493 e. The van der Waals surface area contributed by atoms with Crippen LogP contribution in [0.4, 0.5) is 5.69 Å². The van der Waals surface area contributed by atoms with Crippen LogP contribution in [0.2, 0.25) is 0 Å². The summed E-state index contributed by atoms with van der Waals surface area (Å²) >= 11 is 0. The molecule has 2 heterocycles. The quantitative estimate of drug-likeness (QED) is 0.767. The summed E-state index contributed by atoms with van der Waals surface area (Å²) in [6.45, 7) is 0. The summed E-state index contributed by atoms with van der Waals surface area (Å²) in [4.78, 5) is 21.5. The van der Waals surface area contributed by atoms with E-state index in [1.807, 2.05) is 0 Å². The van der Waals surface area contributed by atoms with Gasteiger partial charge < -0.3 is 14.8 Å². The van der Waals surface area contributed by atoms with E-state index in [0.29, 0.717) is 34.6 Å². The summed E-state index contributed by atoms with van der Waals surface area (Å²) in [5, 5.41) is 6.97. The Bertz CT molecular complexity index is 949. The number of anilines is 1. The van der Waals surface area contributed by atoms with Crippen LogP contribution in [0.15, 0.2) is 30.6 Å². The second-order valence-corrected chi connectivity index (χ2v) is 5.81. The zero-order chi connectivity index (χ0) is 17.4. The Morgan fingerprint density at radius 3 is 2.84 bits per heavy atom. The van der Waals surface area contributed by atoms with Crippen LogP contribution in [0.25, 0.3) is 5.78 Å². The second kappa shape index (κ2) is 6.04. The van der Waals surface area contributed by atoms with E-state index in [1.54, 1.807) is 31.4 Å². The van der Waals surface area contributed by atoms with Gasteiger partial charge in [-0.05, 0) is 31.0 Å². The summed E-state index contributed by atoms with van der Waals surface area (Å²) < 4.78 is 12.1. The Morgan fingerprint density at radius 1 is 1.28 bits per heavy atom. The van der Waals surface area contributed by atoms with E-state index in [2.05, 4.69) is 20.4 Å². The van der Waals surface area contributed by atoms with Crippen LogP contribution < -0.4 is 14.8 Å². The van der Waals surface area contributed by atoms with Gasteiger partial charge in [-0.1, -0.05) is 6.07 Å². The number of para-hydroxylation sites is 1. The van der Waals surface area contributed by atoms with Crippen molar-refractivity contribution in [3.63, 3.8) is 0 Å². The molecule has 0 spiro atoms. The van der Waals surface area contributed by atoms with Crippen molar-refractivity contribution in [3.05, 3.63) is 42.0 Å². The van der Waals surface area contributed by atoms with Crippen molar-refractivity contribution >= 4 is 17.4 Å². The molecule has 4 rings (SSSR count). The van der Waals surface area contributed by atoms with E-state index >= 15 is 0 Å². The van der Waals surface area contributed by atoms with E-state index in [1.165, 1.54) is 18.0 Å². The summed E-state index contributed by atoms with van der Waals surface area (Å²) in [5.74, 6) is 1.52. The molecule has 0 radical (unpaired) electrons. The number of benzene rings is 1. The first-order valence-electron chi connectivity index (χ1n) is 7.94. The first kappa shape index (κ1) is 15.4. The molecule has 1 aromatic carbocycles. The average molecular weight is 339 g/mol. The number of fused-ring (bicyclic) bond motifs is 1. The van der Waals surface area contributed by atoms with Gasteiger partial charge in [0.2, 0.25) is 0 Å². The molecule has 0 unspecified atom stereocenters. The molecule has 128 valence electrons. The molecule has 2 aromatic heterocycles. The van der Waals surface area contributed by atoms with Crippen molar-refractivity contribution in [3.8, 4) is 11.5 Å². The molecule has 1 aliphatic carbocycles. The minimum Gasteiger partial charge on any atom is -0.493 e. The smallest absolute Gasteiger partial charge is 0.274 e. The van der Waals surface area contributed by atoms with Gasteiger partial charge >= 0.3 is 0 Å². The molecule has 0 bridgehead atoms. The van der Waals surface area contributed by atoms with Gasteiger partial charge in [0, 0.05) is 11.6 Å². The predicted octanol–water partition coefficient (Wildman–Crippen LogP) is 2.27. The Labute approximate surface area is 143 Å². The number of rotatable bonds is 5. The lowest BCUT2D eigenvalue weighted by Gasteiger charge is -2.14. The summed E-state index contributed by atoms with van der Waals surface area (Å²) in [5.41, 5.74) is 1.78. The lowest BCUT2D eigenvalue weighted by atomic mass is 10.2. The van der Waals surface area contributed by atoms with Gasteiger partial charge in [0.05, 0.1) is 19.9 Å². The minimum atomic E-state index is -0.314. The highest BCUT2D eigenvalue weighted by atomic mass is 16.5. The molecular weight excluding hydrogens is 322 g/mol. The normalized spacial score (nSPS) is 13.7. The molecule has 1 saturated carbocycles. The van der Waals surface area contributed by atoms with E-state index in [0.717, 1.165) is 18.5 Å². The number of nitrogens with zero attached hydrogens (tertiary/aromatic N) is 4. The number of methoxy groups -OCH3 is 2. The number of hydrogen-bond acceptors (Lipinski definition) is 6. The third-order valence-corrected chi connectivity index (χ3v) is 4.15. The minimum absolute atomic E-state index is 0.314. The molecule has 0 saturated heterocycles. The van der Waals surface area contributed by atoms with Crippen LogP contribution in [-0.4, -0.2) is 39.7 Å². The SMILES string of the molecule is COc1cccc(NC(=O)c2cc(C3CC3)nc3ncnn23)c1OC. The lowest BCUT2D eigenvalue weighted by Crippen LogP contribution is -2.18. The number of amides is 1. The molecule has 0 aliphatic heterocycles. The fourth-order valence-electron chi connectivity index (χ4n) is 2.75. The fraction of sp³-hybridized carbons (Fsp3) is 0.294. The molecule has 8 nitrogen and oxygen atoms in total. The van der Waals surface area contributed by atoms with Crippen LogP contribution in [0, 0.1) is 0 Å². The van der Waals surface area contributed by atoms with E-state index < -0.39 is 0 Å². The molecule has 1 N–H and O–H groups in total. The van der Waals surface area contributed by atoms with Gasteiger partial charge in [-0.2, -0.15) is 14.6 Å². The maximum absolute atomic E-state index is 12.9. The number of aromatic nitrogens is 4. The highest BCUT2D eigenvalue weighted by Crippen LogP contribution is 2.39. The zero-order valence-corrected chi connectivity index (χ0v) is 13.9. The van der Waals surface area contributed by atoms with E-state index in [4.69, 9.17) is 9.47 Å². The van der Waals surface area contributed by atoms with Crippen molar-refractivity contribution in [1.82, 2.24) is 19.6 Å². The van der Waals surface area contributed by atoms with E-state index in [-0.39, 0.29) is 5.91 Å².